The SMILES string of the molecule is C#Cc1cc(C(=O)NC2CCC(=O)NC2=O)c(NC(C)=O)s1. The van der Waals surface area contributed by atoms with Gasteiger partial charge in [-0.2, -0.15) is 0 Å². The van der Waals surface area contributed by atoms with Crippen LogP contribution in [0.4, 0.5) is 5.00 Å². The summed E-state index contributed by atoms with van der Waals surface area (Å²) in [7, 11) is 0. The van der Waals surface area contributed by atoms with Crippen LogP contribution in [-0.2, 0) is 14.4 Å². The zero-order chi connectivity index (χ0) is 16.3. The number of carbonyl (C=O) groups is 4. The van der Waals surface area contributed by atoms with Crippen molar-refractivity contribution < 1.29 is 19.2 Å². The maximum absolute atomic E-state index is 12.3. The number of thiophene rings is 1. The first-order valence-corrected chi connectivity index (χ1v) is 7.25. The molecule has 0 aliphatic carbocycles. The zero-order valence-electron chi connectivity index (χ0n) is 11.7. The molecule has 0 saturated carbocycles. The number of hydrogen-bond acceptors (Lipinski definition) is 5. The van der Waals surface area contributed by atoms with Gasteiger partial charge in [0.05, 0.1) is 10.4 Å². The minimum Gasteiger partial charge on any atom is -0.340 e. The third-order valence-electron chi connectivity index (χ3n) is 2.95. The first kappa shape index (κ1) is 15.7. The number of carbonyl (C=O) groups excluding carboxylic acids is 4. The molecule has 8 heteroatoms. The lowest BCUT2D eigenvalue weighted by atomic mass is 10.1. The molecule has 0 radical (unpaired) electrons. The van der Waals surface area contributed by atoms with E-state index >= 15 is 0 Å². The molecule has 1 atom stereocenters. The Morgan fingerprint density at radius 2 is 2.18 bits per heavy atom. The van der Waals surface area contributed by atoms with Crippen LogP contribution in [0.25, 0.3) is 0 Å². The van der Waals surface area contributed by atoms with Crippen molar-refractivity contribution in [3.05, 3.63) is 16.5 Å². The fourth-order valence-electron chi connectivity index (χ4n) is 1.95. The van der Waals surface area contributed by atoms with Crippen molar-refractivity contribution in [2.75, 3.05) is 5.32 Å². The number of hydrogen-bond donors (Lipinski definition) is 3. The van der Waals surface area contributed by atoms with Gasteiger partial charge in [-0.05, 0) is 12.5 Å². The Morgan fingerprint density at radius 1 is 1.45 bits per heavy atom. The average Bonchev–Trinajstić information content (AvgIpc) is 2.84. The van der Waals surface area contributed by atoms with Crippen molar-refractivity contribution in [3.63, 3.8) is 0 Å². The molecule has 2 heterocycles. The van der Waals surface area contributed by atoms with E-state index in [-0.39, 0.29) is 30.2 Å². The maximum atomic E-state index is 12.3. The number of nitrogens with one attached hydrogen (secondary N) is 3. The second-order valence-corrected chi connectivity index (χ2v) is 5.71. The van der Waals surface area contributed by atoms with Crippen LogP contribution < -0.4 is 16.0 Å². The maximum Gasteiger partial charge on any atom is 0.254 e. The van der Waals surface area contributed by atoms with Crippen LogP contribution in [-0.4, -0.2) is 29.7 Å². The van der Waals surface area contributed by atoms with Crippen LogP contribution in [0, 0.1) is 12.3 Å². The number of imide groups is 1. The van der Waals surface area contributed by atoms with Gasteiger partial charge in [-0.15, -0.1) is 17.8 Å². The molecule has 4 amide bonds. The fraction of sp³-hybridized carbons (Fsp3) is 0.286. The highest BCUT2D eigenvalue weighted by atomic mass is 32.1. The Bertz CT molecular complexity index is 701. The van der Waals surface area contributed by atoms with E-state index in [9.17, 15) is 19.2 Å². The van der Waals surface area contributed by atoms with Crippen LogP contribution >= 0.6 is 11.3 Å². The molecule has 1 aromatic rings. The number of anilines is 1. The summed E-state index contributed by atoms with van der Waals surface area (Å²) in [6, 6.07) is 0.682. The van der Waals surface area contributed by atoms with Gasteiger partial charge in [0.1, 0.15) is 11.0 Å². The molecule has 3 N–H and O–H groups in total. The Labute approximate surface area is 130 Å². The molecule has 1 unspecified atom stereocenters. The molecule has 1 fully saturated rings. The van der Waals surface area contributed by atoms with Gasteiger partial charge in [-0.3, -0.25) is 24.5 Å². The van der Waals surface area contributed by atoms with Crippen LogP contribution in [0.2, 0.25) is 0 Å². The quantitative estimate of drug-likeness (QED) is 0.547. The molecule has 7 nitrogen and oxygen atoms in total. The first-order chi connectivity index (χ1) is 10.4. The third-order valence-corrected chi connectivity index (χ3v) is 3.93. The summed E-state index contributed by atoms with van der Waals surface area (Å²) in [4.78, 5) is 46.7. The fourth-order valence-corrected chi connectivity index (χ4v) is 2.86. The molecule has 1 aromatic heterocycles. The van der Waals surface area contributed by atoms with Gasteiger partial charge in [0.15, 0.2) is 0 Å². The second-order valence-electron chi connectivity index (χ2n) is 4.66. The van der Waals surface area contributed by atoms with Gasteiger partial charge in [0.25, 0.3) is 5.91 Å². The van der Waals surface area contributed by atoms with Crippen molar-refractivity contribution in [1.82, 2.24) is 10.6 Å². The second kappa shape index (κ2) is 6.41. The molecular formula is C14H13N3O4S. The standard InChI is InChI=1S/C14H13N3O4S/c1-3-8-6-9(14(22-8)15-7(2)18)12(20)16-10-4-5-11(19)17-13(10)21/h1,6,10H,4-5H2,2H3,(H,15,18)(H,16,20)(H,17,19,21). The van der Waals surface area contributed by atoms with Crippen molar-refractivity contribution >= 4 is 40.0 Å². The number of terminal acetylenes is 1. The van der Waals surface area contributed by atoms with Gasteiger partial charge in [0.2, 0.25) is 17.7 Å². The topological polar surface area (TPSA) is 104 Å². The predicted molar refractivity (Wildman–Crippen MR) is 80.2 cm³/mol. The molecular weight excluding hydrogens is 306 g/mol. The summed E-state index contributed by atoms with van der Waals surface area (Å²) in [5.74, 6) is 0.628. The van der Waals surface area contributed by atoms with Gasteiger partial charge < -0.3 is 10.6 Å². The van der Waals surface area contributed by atoms with Gasteiger partial charge in [-0.1, -0.05) is 5.92 Å². The van der Waals surface area contributed by atoms with Crippen LogP contribution in [0.5, 0.6) is 0 Å². The minimum absolute atomic E-state index is 0.161. The highest BCUT2D eigenvalue weighted by Crippen LogP contribution is 2.27. The highest BCUT2D eigenvalue weighted by molar-refractivity contribution is 7.17. The van der Waals surface area contributed by atoms with Gasteiger partial charge >= 0.3 is 0 Å². The Hall–Kier alpha value is -2.66. The molecule has 0 aromatic carbocycles. The molecule has 1 aliphatic heterocycles. The third kappa shape index (κ3) is 3.51. The van der Waals surface area contributed by atoms with Gasteiger partial charge in [-0.25, -0.2) is 0 Å². The van der Waals surface area contributed by atoms with E-state index in [1.54, 1.807) is 0 Å². The largest absolute Gasteiger partial charge is 0.340 e. The lowest BCUT2D eigenvalue weighted by Gasteiger charge is -2.21. The molecule has 1 aliphatic rings. The molecule has 0 bridgehead atoms. The Morgan fingerprint density at radius 3 is 2.77 bits per heavy atom. The molecule has 1 saturated heterocycles. The summed E-state index contributed by atoms with van der Waals surface area (Å²) < 4.78 is 0. The molecule has 0 spiro atoms. The minimum atomic E-state index is -0.787. The summed E-state index contributed by atoms with van der Waals surface area (Å²) in [6.07, 6.45) is 5.69. The van der Waals surface area contributed by atoms with Crippen molar-refractivity contribution in [2.45, 2.75) is 25.8 Å². The van der Waals surface area contributed by atoms with E-state index < -0.39 is 17.9 Å². The number of amides is 4. The number of piperidine rings is 1. The summed E-state index contributed by atoms with van der Waals surface area (Å²) in [5, 5.41) is 7.55. The molecule has 114 valence electrons. The van der Waals surface area contributed by atoms with Crippen LogP contribution in [0.15, 0.2) is 6.07 Å². The van der Waals surface area contributed by atoms with E-state index in [2.05, 4.69) is 21.9 Å². The zero-order valence-corrected chi connectivity index (χ0v) is 12.5. The van der Waals surface area contributed by atoms with E-state index in [0.717, 1.165) is 11.3 Å². The van der Waals surface area contributed by atoms with E-state index in [4.69, 9.17) is 6.42 Å². The van der Waals surface area contributed by atoms with E-state index in [1.165, 1.54) is 13.0 Å². The van der Waals surface area contributed by atoms with E-state index in [0.29, 0.717) is 9.88 Å². The van der Waals surface area contributed by atoms with Crippen LogP contribution in [0.1, 0.15) is 35.0 Å². The smallest absolute Gasteiger partial charge is 0.254 e. The Kier molecular flexibility index (Phi) is 4.58. The summed E-state index contributed by atoms with van der Waals surface area (Å²) in [6.45, 7) is 1.32. The summed E-state index contributed by atoms with van der Waals surface area (Å²) >= 11 is 1.10. The van der Waals surface area contributed by atoms with E-state index in [1.807, 2.05) is 0 Å². The Balaban J connectivity index is 2.17. The van der Waals surface area contributed by atoms with Crippen molar-refractivity contribution in [3.8, 4) is 12.3 Å². The van der Waals surface area contributed by atoms with Gasteiger partial charge in [0, 0.05) is 13.3 Å². The molecule has 2 rings (SSSR count). The average molecular weight is 319 g/mol. The number of rotatable bonds is 3. The van der Waals surface area contributed by atoms with Crippen LogP contribution in [0.3, 0.4) is 0 Å². The predicted octanol–water partition coefficient (Wildman–Crippen LogP) is 0.223. The molecule has 22 heavy (non-hydrogen) atoms. The lowest BCUT2D eigenvalue weighted by molar-refractivity contribution is -0.134. The monoisotopic (exact) mass is 319 g/mol. The highest BCUT2D eigenvalue weighted by Gasteiger charge is 2.29. The normalized spacial score (nSPS) is 17.4. The summed E-state index contributed by atoms with van der Waals surface area (Å²) in [5.41, 5.74) is 0.192. The van der Waals surface area contributed by atoms with Crippen molar-refractivity contribution in [2.24, 2.45) is 0 Å². The lowest BCUT2D eigenvalue weighted by Crippen LogP contribution is -2.52. The first-order valence-electron chi connectivity index (χ1n) is 6.43. The van der Waals surface area contributed by atoms with Crippen molar-refractivity contribution in [1.29, 1.82) is 0 Å².